The van der Waals surface area contributed by atoms with Crippen molar-refractivity contribution in [1.29, 1.82) is 5.26 Å². The number of fused-ring (bicyclic) bond motifs is 1. The Morgan fingerprint density at radius 3 is 2.56 bits per heavy atom. The second-order valence-electron chi connectivity index (χ2n) is 6.38. The van der Waals surface area contributed by atoms with Crippen LogP contribution in [-0.4, -0.2) is 15.6 Å². The number of aryl methyl sites for hydroxylation is 2. The maximum Gasteiger partial charge on any atom is 0.180 e. The van der Waals surface area contributed by atoms with Gasteiger partial charge in [0, 0.05) is 12.5 Å². The van der Waals surface area contributed by atoms with Crippen molar-refractivity contribution in [1.82, 2.24) is 9.78 Å². The smallest absolute Gasteiger partial charge is 0.180 e. The summed E-state index contributed by atoms with van der Waals surface area (Å²) in [5, 5.41) is 13.5. The molecule has 0 saturated heterocycles. The molecule has 4 rings (SSSR count). The van der Waals surface area contributed by atoms with E-state index in [-0.39, 0.29) is 5.78 Å². The molecule has 0 radical (unpaired) electrons. The molecule has 0 spiro atoms. The number of benzene rings is 2. The average Bonchev–Trinajstić information content (AvgIpc) is 3.28. The highest BCUT2D eigenvalue weighted by atomic mass is 16.1. The predicted molar refractivity (Wildman–Crippen MR) is 95.7 cm³/mol. The Kier molecular flexibility index (Phi) is 3.70. The fourth-order valence-electron chi connectivity index (χ4n) is 3.36. The van der Waals surface area contributed by atoms with Crippen LogP contribution in [-0.2, 0) is 12.8 Å². The fourth-order valence-corrected chi connectivity index (χ4v) is 3.36. The van der Waals surface area contributed by atoms with Gasteiger partial charge >= 0.3 is 0 Å². The molecule has 1 heterocycles. The van der Waals surface area contributed by atoms with Gasteiger partial charge in [-0.2, -0.15) is 10.4 Å². The molecule has 3 aromatic rings. The molecule has 1 aliphatic carbocycles. The van der Waals surface area contributed by atoms with E-state index in [2.05, 4.69) is 29.4 Å². The van der Waals surface area contributed by atoms with Gasteiger partial charge < -0.3 is 0 Å². The zero-order valence-electron chi connectivity index (χ0n) is 14.0. The first kappa shape index (κ1) is 15.3. The SMILES string of the molecule is CC(=O)c1cc(-c2ccc(C#N)cc2)n(-c2ccc3c(c2)CCC3)n1. The van der Waals surface area contributed by atoms with E-state index in [1.807, 2.05) is 22.9 Å². The molecule has 0 amide bonds. The Bertz CT molecular complexity index is 1010. The van der Waals surface area contributed by atoms with Crippen molar-refractivity contribution < 1.29 is 4.79 Å². The molecule has 1 aromatic heterocycles. The zero-order valence-corrected chi connectivity index (χ0v) is 14.0. The predicted octanol–water partition coefficient (Wildman–Crippen LogP) is 4.10. The Hall–Kier alpha value is -3.19. The Labute approximate surface area is 146 Å². The van der Waals surface area contributed by atoms with Crippen molar-refractivity contribution in [2.75, 3.05) is 0 Å². The van der Waals surface area contributed by atoms with E-state index in [0.29, 0.717) is 11.3 Å². The molecular weight excluding hydrogens is 310 g/mol. The molecular formula is C21H17N3O. The van der Waals surface area contributed by atoms with Crippen molar-refractivity contribution >= 4 is 5.78 Å². The number of nitriles is 1. The van der Waals surface area contributed by atoms with E-state index in [4.69, 9.17) is 5.26 Å². The van der Waals surface area contributed by atoms with E-state index in [0.717, 1.165) is 29.8 Å². The summed E-state index contributed by atoms with van der Waals surface area (Å²) in [4.78, 5) is 11.8. The van der Waals surface area contributed by atoms with Gasteiger partial charge in [-0.15, -0.1) is 0 Å². The summed E-state index contributed by atoms with van der Waals surface area (Å²) in [5.74, 6) is -0.0604. The minimum atomic E-state index is -0.0604. The first-order valence-corrected chi connectivity index (χ1v) is 8.39. The molecule has 1 aliphatic rings. The quantitative estimate of drug-likeness (QED) is 0.680. The van der Waals surface area contributed by atoms with Crippen LogP contribution in [0, 0.1) is 11.3 Å². The molecule has 0 aliphatic heterocycles. The van der Waals surface area contributed by atoms with Crippen LogP contribution in [0.25, 0.3) is 16.9 Å². The van der Waals surface area contributed by atoms with Crippen LogP contribution >= 0.6 is 0 Å². The number of Topliss-reactive ketones (excluding diaryl/α,β-unsaturated/α-hetero) is 1. The molecule has 4 heteroatoms. The van der Waals surface area contributed by atoms with Gasteiger partial charge in [-0.1, -0.05) is 18.2 Å². The van der Waals surface area contributed by atoms with Gasteiger partial charge in [0.15, 0.2) is 5.78 Å². The highest BCUT2D eigenvalue weighted by molar-refractivity contribution is 5.93. The third kappa shape index (κ3) is 2.74. The van der Waals surface area contributed by atoms with Gasteiger partial charge in [0.1, 0.15) is 5.69 Å². The first-order chi connectivity index (χ1) is 12.2. The van der Waals surface area contributed by atoms with Gasteiger partial charge in [-0.25, -0.2) is 4.68 Å². The number of rotatable bonds is 3. The molecule has 122 valence electrons. The molecule has 4 nitrogen and oxygen atoms in total. The summed E-state index contributed by atoms with van der Waals surface area (Å²) in [7, 11) is 0. The Morgan fingerprint density at radius 2 is 1.84 bits per heavy atom. The summed E-state index contributed by atoms with van der Waals surface area (Å²) >= 11 is 0. The fraction of sp³-hybridized carbons (Fsp3) is 0.190. The average molecular weight is 327 g/mol. The molecule has 25 heavy (non-hydrogen) atoms. The lowest BCUT2D eigenvalue weighted by Crippen LogP contribution is -2.02. The molecule has 0 atom stereocenters. The molecule has 2 aromatic carbocycles. The minimum Gasteiger partial charge on any atom is -0.293 e. The normalized spacial score (nSPS) is 12.6. The van der Waals surface area contributed by atoms with Gasteiger partial charge in [-0.3, -0.25) is 4.79 Å². The first-order valence-electron chi connectivity index (χ1n) is 8.39. The van der Waals surface area contributed by atoms with Crippen LogP contribution in [0.3, 0.4) is 0 Å². The number of aromatic nitrogens is 2. The van der Waals surface area contributed by atoms with Crippen LogP contribution < -0.4 is 0 Å². The molecule has 0 unspecified atom stereocenters. The van der Waals surface area contributed by atoms with Crippen LogP contribution in [0.4, 0.5) is 0 Å². The third-order valence-corrected chi connectivity index (χ3v) is 4.71. The van der Waals surface area contributed by atoms with Crippen molar-refractivity contribution in [3.63, 3.8) is 0 Å². The number of nitrogens with zero attached hydrogens (tertiary/aromatic N) is 3. The lowest BCUT2D eigenvalue weighted by Gasteiger charge is -2.09. The highest BCUT2D eigenvalue weighted by Gasteiger charge is 2.17. The number of hydrogen-bond donors (Lipinski definition) is 0. The van der Waals surface area contributed by atoms with Crippen LogP contribution in [0.5, 0.6) is 0 Å². The summed E-state index contributed by atoms with van der Waals surface area (Å²) in [6.45, 7) is 1.53. The molecule has 0 bridgehead atoms. The lowest BCUT2D eigenvalue weighted by atomic mass is 10.1. The van der Waals surface area contributed by atoms with Gasteiger partial charge in [0.2, 0.25) is 0 Å². The van der Waals surface area contributed by atoms with E-state index in [9.17, 15) is 4.79 Å². The summed E-state index contributed by atoms with van der Waals surface area (Å²) in [5.41, 5.74) is 6.57. The van der Waals surface area contributed by atoms with Crippen LogP contribution in [0.15, 0.2) is 48.5 Å². The summed E-state index contributed by atoms with van der Waals surface area (Å²) in [6.07, 6.45) is 3.42. The maximum absolute atomic E-state index is 11.8. The van der Waals surface area contributed by atoms with Crippen LogP contribution in [0.1, 0.15) is 40.5 Å². The zero-order chi connectivity index (χ0) is 17.4. The van der Waals surface area contributed by atoms with E-state index in [1.165, 1.54) is 24.5 Å². The van der Waals surface area contributed by atoms with Crippen molar-refractivity contribution in [2.45, 2.75) is 26.2 Å². The largest absolute Gasteiger partial charge is 0.293 e. The van der Waals surface area contributed by atoms with Gasteiger partial charge in [0.25, 0.3) is 0 Å². The lowest BCUT2D eigenvalue weighted by molar-refractivity contribution is 0.101. The summed E-state index contributed by atoms with van der Waals surface area (Å²) in [6, 6.07) is 17.7. The second-order valence-corrected chi connectivity index (χ2v) is 6.38. The number of ketones is 1. The highest BCUT2D eigenvalue weighted by Crippen LogP contribution is 2.28. The monoisotopic (exact) mass is 327 g/mol. The van der Waals surface area contributed by atoms with Crippen molar-refractivity contribution in [2.24, 2.45) is 0 Å². The van der Waals surface area contributed by atoms with E-state index in [1.54, 1.807) is 12.1 Å². The Balaban J connectivity index is 1.86. The van der Waals surface area contributed by atoms with Crippen LogP contribution in [0.2, 0.25) is 0 Å². The minimum absolute atomic E-state index is 0.0604. The molecule has 0 saturated carbocycles. The summed E-state index contributed by atoms with van der Waals surface area (Å²) < 4.78 is 1.83. The number of carbonyl (C=O) groups is 1. The maximum atomic E-state index is 11.8. The number of hydrogen-bond acceptors (Lipinski definition) is 3. The van der Waals surface area contributed by atoms with E-state index >= 15 is 0 Å². The molecule has 0 N–H and O–H groups in total. The van der Waals surface area contributed by atoms with Gasteiger partial charge in [-0.05, 0) is 60.7 Å². The van der Waals surface area contributed by atoms with E-state index < -0.39 is 0 Å². The second kappa shape index (κ2) is 6.03. The standard InChI is InChI=1S/C21H17N3O/c1-14(25)20-12-21(17-7-5-15(13-22)6-8-17)24(23-20)19-10-9-16-3-2-4-18(16)11-19/h5-12H,2-4H2,1H3. The van der Waals surface area contributed by atoms with Gasteiger partial charge in [0.05, 0.1) is 23.0 Å². The topological polar surface area (TPSA) is 58.7 Å². The molecule has 0 fully saturated rings. The van der Waals surface area contributed by atoms with Crippen molar-refractivity contribution in [3.05, 3.63) is 70.9 Å². The third-order valence-electron chi connectivity index (χ3n) is 4.71. The Morgan fingerprint density at radius 1 is 1.08 bits per heavy atom. The van der Waals surface area contributed by atoms with Crippen molar-refractivity contribution in [3.8, 4) is 23.0 Å². The number of carbonyl (C=O) groups excluding carboxylic acids is 1.